The molecule has 13 heteroatoms. The summed E-state index contributed by atoms with van der Waals surface area (Å²) in [6.07, 6.45) is 8.38. The molecular formula is C25H26ClF2N7O3. The van der Waals surface area contributed by atoms with Crippen molar-refractivity contribution in [3.8, 4) is 17.0 Å². The molecule has 1 aliphatic heterocycles. The maximum absolute atomic E-state index is 13.2. The van der Waals surface area contributed by atoms with E-state index in [2.05, 4.69) is 15.4 Å². The minimum Gasteiger partial charge on any atom is -0.465 e. The summed E-state index contributed by atoms with van der Waals surface area (Å²) >= 11 is 6.25. The molecule has 1 N–H and O–H groups in total. The number of halogens is 3. The number of aromatic nitrogens is 5. The Hall–Kier alpha value is -3.77. The Morgan fingerprint density at radius 3 is 2.84 bits per heavy atom. The van der Waals surface area contributed by atoms with Crippen LogP contribution >= 0.6 is 11.6 Å². The molecule has 5 rings (SSSR count). The van der Waals surface area contributed by atoms with Gasteiger partial charge in [0.25, 0.3) is 0 Å². The van der Waals surface area contributed by atoms with Crippen LogP contribution in [0.15, 0.2) is 49.1 Å². The number of fused-ring (bicyclic) bond motifs is 1. The molecule has 1 aliphatic rings. The van der Waals surface area contributed by atoms with Gasteiger partial charge in [-0.3, -0.25) is 14.4 Å². The Bertz CT molecular complexity index is 1420. The molecule has 4 aromatic rings. The summed E-state index contributed by atoms with van der Waals surface area (Å²) in [6, 6.07) is 6.23. The Balaban J connectivity index is 1.47. The summed E-state index contributed by atoms with van der Waals surface area (Å²) in [5, 5.41) is 12.8. The molecule has 0 spiro atoms. The van der Waals surface area contributed by atoms with Gasteiger partial charge in [0.15, 0.2) is 5.65 Å². The number of carbonyl (C=O) groups excluding carboxylic acids is 1. The van der Waals surface area contributed by atoms with E-state index in [-0.39, 0.29) is 24.3 Å². The number of nitrogens with zero attached hydrogens (tertiary/aromatic N) is 6. The number of nitrogens with one attached hydrogen (secondary N) is 1. The van der Waals surface area contributed by atoms with Crippen LogP contribution in [-0.4, -0.2) is 68.1 Å². The predicted octanol–water partition coefficient (Wildman–Crippen LogP) is 4.79. The zero-order valence-corrected chi connectivity index (χ0v) is 21.3. The molecule has 10 nitrogen and oxygen atoms in total. The van der Waals surface area contributed by atoms with Gasteiger partial charge in [-0.25, -0.2) is 9.50 Å². The van der Waals surface area contributed by atoms with E-state index in [0.29, 0.717) is 53.0 Å². The van der Waals surface area contributed by atoms with Crippen molar-refractivity contribution >= 4 is 34.6 Å². The van der Waals surface area contributed by atoms with E-state index >= 15 is 0 Å². The molecule has 0 aliphatic carbocycles. The number of hydrogen-bond acceptors (Lipinski definition) is 8. The normalized spacial score (nSPS) is 14.8. The van der Waals surface area contributed by atoms with E-state index in [0.717, 1.165) is 12.8 Å². The van der Waals surface area contributed by atoms with Crippen LogP contribution in [-0.2, 0) is 9.53 Å². The fraction of sp³-hybridized carbons (Fsp3) is 0.360. The van der Waals surface area contributed by atoms with Crippen LogP contribution < -0.4 is 10.1 Å². The Morgan fingerprint density at radius 2 is 2.08 bits per heavy atom. The Kier molecular flexibility index (Phi) is 7.70. The highest BCUT2D eigenvalue weighted by Gasteiger charge is 2.26. The van der Waals surface area contributed by atoms with Crippen molar-refractivity contribution < 1.29 is 23.0 Å². The van der Waals surface area contributed by atoms with Crippen molar-refractivity contribution in [3.63, 3.8) is 0 Å². The average Bonchev–Trinajstić information content (AvgIpc) is 3.50. The summed E-state index contributed by atoms with van der Waals surface area (Å²) in [6.45, 7) is 0.750. The number of esters is 1. The predicted molar refractivity (Wildman–Crippen MR) is 137 cm³/mol. The first-order valence-electron chi connectivity index (χ1n) is 12.2. The summed E-state index contributed by atoms with van der Waals surface area (Å²) in [5.74, 6) is -0.284. The minimum atomic E-state index is -3.01. The number of piperidine rings is 1. The van der Waals surface area contributed by atoms with Crippen molar-refractivity contribution in [2.75, 3.05) is 31.6 Å². The molecule has 0 amide bonds. The molecule has 0 atom stereocenters. The number of rotatable bonds is 9. The first-order valence-corrected chi connectivity index (χ1v) is 12.6. The smallest absolute Gasteiger partial charge is 0.387 e. The van der Waals surface area contributed by atoms with Gasteiger partial charge in [0.1, 0.15) is 17.1 Å². The molecule has 4 heterocycles. The van der Waals surface area contributed by atoms with Crippen LogP contribution in [0.1, 0.15) is 25.8 Å². The summed E-state index contributed by atoms with van der Waals surface area (Å²) in [5.41, 5.74) is 2.49. The van der Waals surface area contributed by atoms with Crippen LogP contribution in [0.4, 0.5) is 20.2 Å². The first-order chi connectivity index (χ1) is 18.4. The molecule has 0 bridgehead atoms. The van der Waals surface area contributed by atoms with Gasteiger partial charge in [0.05, 0.1) is 31.1 Å². The zero-order chi connectivity index (χ0) is 26.6. The van der Waals surface area contributed by atoms with Gasteiger partial charge in [0, 0.05) is 42.3 Å². The van der Waals surface area contributed by atoms with Gasteiger partial charge >= 0.3 is 12.6 Å². The fourth-order valence-electron chi connectivity index (χ4n) is 4.55. The zero-order valence-electron chi connectivity index (χ0n) is 20.6. The van der Waals surface area contributed by atoms with Crippen molar-refractivity contribution in [2.45, 2.75) is 32.4 Å². The lowest BCUT2D eigenvalue weighted by Crippen LogP contribution is -2.38. The maximum Gasteiger partial charge on any atom is 0.387 e. The number of alkyl halides is 2. The van der Waals surface area contributed by atoms with Crippen LogP contribution in [0.5, 0.6) is 5.75 Å². The van der Waals surface area contributed by atoms with E-state index in [1.165, 1.54) is 12.1 Å². The quantitative estimate of drug-likeness (QED) is 0.300. The number of benzene rings is 1. The number of ether oxygens (including phenoxy) is 2. The van der Waals surface area contributed by atoms with Crippen LogP contribution in [0.3, 0.4) is 0 Å². The van der Waals surface area contributed by atoms with Gasteiger partial charge in [-0.05, 0) is 44.0 Å². The van der Waals surface area contributed by atoms with Gasteiger partial charge in [-0.2, -0.15) is 19.0 Å². The van der Waals surface area contributed by atoms with Crippen molar-refractivity contribution in [1.29, 1.82) is 0 Å². The number of hydrogen-bond donors (Lipinski definition) is 1. The lowest BCUT2D eigenvalue weighted by atomic mass is 10.1. The lowest BCUT2D eigenvalue weighted by Gasteiger charge is -2.31. The van der Waals surface area contributed by atoms with Gasteiger partial charge in [-0.1, -0.05) is 11.6 Å². The SMILES string of the molecule is CCOC(=O)CN1CCC(n2cc(Nc3cnn4cccnc34)c(-c3cc(Cl)ccc3OC(F)F)n2)CC1. The minimum absolute atomic E-state index is 0.0310. The molecule has 0 radical (unpaired) electrons. The molecule has 0 unspecified atom stereocenters. The third kappa shape index (κ3) is 5.70. The summed E-state index contributed by atoms with van der Waals surface area (Å²) < 4.78 is 39.7. The second-order valence-electron chi connectivity index (χ2n) is 8.77. The molecule has 1 aromatic carbocycles. The highest BCUT2D eigenvalue weighted by molar-refractivity contribution is 6.31. The van der Waals surface area contributed by atoms with Crippen molar-refractivity contribution in [1.82, 2.24) is 29.3 Å². The van der Waals surface area contributed by atoms with Crippen LogP contribution in [0.25, 0.3) is 16.9 Å². The molecule has 1 saturated heterocycles. The largest absolute Gasteiger partial charge is 0.465 e. The summed E-state index contributed by atoms with van der Waals surface area (Å²) in [7, 11) is 0. The molecule has 38 heavy (non-hydrogen) atoms. The highest BCUT2D eigenvalue weighted by atomic mass is 35.5. The van der Waals surface area contributed by atoms with E-state index in [1.807, 2.05) is 15.8 Å². The lowest BCUT2D eigenvalue weighted by molar-refractivity contribution is -0.144. The van der Waals surface area contributed by atoms with Crippen LogP contribution in [0, 0.1) is 0 Å². The average molecular weight is 546 g/mol. The second kappa shape index (κ2) is 11.3. The molecule has 3 aromatic heterocycles. The Labute approximate surface area is 222 Å². The third-order valence-electron chi connectivity index (χ3n) is 6.28. The molecule has 0 saturated carbocycles. The van der Waals surface area contributed by atoms with E-state index in [4.69, 9.17) is 26.2 Å². The van der Waals surface area contributed by atoms with Gasteiger partial charge in [0.2, 0.25) is 0 Å². The molecule has 200 valence electrons. The van der Waals surface area contributed by atoms with E-state index in [9.17, 15) is 13.6 Å². The molecular weight excluding hydrogens is 520 g/mol. The van der Waals surface area contributed by atoms with E-state index in [1.54, 1.807) is 42.2 Å². The summed E-state index contributed by atoms with van der Waals surface area (Å²) in [4.78, 5) is 18.3. The van der Waals surface area contributed by atoms with Gasteiger partial charge < -0.3 is 14.8 Å². The topological polar surface area (TPSA) is 98.8 Å². The van der Waals surface area contributed by atoms with Gasteiger partial charge in [-0.15, -0.1) is 0 Å². The number of likely N-dealkylation sites (tertiary alicyclic amines) is 1. The van der Waals surface area contributed by atoms with Crippen molar-refractivity contribution in [2.24, 2.45) is 0 Å². The van der Waals surface area contributed by atoms with E-state index < -0.39 is 6.61 Å². The third-order valence-corrected chi connectivity index (χ3v) is 6.52. The van der Waals surface area contributed by atoms with Crippen molar-refractivity contribution in [3.05, 3.63) is 54.1 Å². The number of anilines is 2. The second-order valence-corrected chi connectivity index (χ2v) is 9.21. The van der Waals surface area contributed by atoms with Crippen LogP contribution in [0.2, 0.25) is 5.02 Å². The maximum atomic E-state index is 13.2. The standard InChI is InChI=1S/C25H26ClF2N7O3/c1-2-37-22(36)15-33-10-6-17(7-11-33)35-14-20(31-19-13-30-34-9-3-8-29-24(19)34)23(32-35)18-12-16(26)4-5-21(18)38-25(27)28/h3-5,8-9,12-14,17,25,31H,2,6-7,10-11,15H2,1H3. The number of carbonyl (C=O) groups is 1. The monoisotopic (exact) mass is 545 g/mol. The fourth-order valence-corrected chi connectivity index (χ4v) is 4.72. The Morgan fingerprint density at radius 1 is 1.26 bits per heavy atom. The highest BCUT2D eigenvalue weighted by Crippen LogP contribution is 2.39. The molecule has 1 fully saturated rings. The first kappa shape index (κ1) is 25.9.